The Bertz CT molecular complexity index is 823. The van der Waals surface area contributed by atoms with Gasteiger partial charge in [0.15, 0.2) is 0 Å². The van der Waals surface area contributed by atoms with Crippen LogP contribution in [0.25, 0.3) is 0 Å². The summed E-state index contributed by atoms with van der Waals surface area (Å²) in [7, 11) is 0. The molecule has 1 atom stereocenters. The number of nitrogens with one attached hydrogen (secondary N) is 1. The molecule has 0 amide bonds. The number of carbonyl (C=O) groups is 1. The molecule has 2 aromatic heterocycles. The molecule has 0 saturated carbocycles. The monoisotopic (exact) mass is 424 g/mol. The average Bonchev–Trinajstić information content (AvgIpc) is 3.02. The highest BCUT2D eigenvalue weighted by Crippen LogP contribution is 2.24. The molecule has 1 aliphatic rings. The van der Waals surface area contributed by atoms with Crippen LogP contribution in [-0.4, -0.2) is 34.1 Å². The van der Waals surface area contributed by atoms with Crippen molar-refractivity contribution < 1.29 is 9.53 Å². The maximum atomic E-state index is 12.4. The summed E-state index contributed by atoms with van der Waals surface area (Å²) in [6, 6.07) is 4.44. The van der Waals surface area contributed by atoms with Crippen molar-refractivity contribution in [2.24, 2.45) is 0 Å². The van der Waals surface area contributed by atoms with Crippen molar-refractivity contribution in [1.29, 1.82) is 0 Å². The third-order valence-corrected chi connectivity index (χ3v) is 5.90. The van der Waals surface area contributed by atoms with E-state index in [4.69, 9.17) is 9.72 Å². The molecule has 3 rings (SSSR count). The predicted molar refractivity (Wildman–Crippen MR) is 123 cm³/mol. The van der Waals surface area contributed by atoms with Crippen LogP contribution in [0.4, 0.5) is 5.82 Å². The molecule has 0 fully saturated rings. The number of aryl methyl sites for hydroxylation is 3. The van der Waals surface area contributed by atoms with E-state index in [0.717, 1.165) is 56.5 Å². The van der Waals surface area contributed by atoms with E-state index in [9.17, 15) is 4.79 Å². The van der Waals surface area contributed by atoms with Gasteiger partial charge in [0.2, 0.25) is 0 Å². The first kappa shape index (κ1) is 23.2. The number of carbonyl (C=O) groups excluding carboxylic acids is 1. The van der Waals surface area contributed by atoms with Gasteiger partial charge in [0, 0.05) is 30.2 Å². The Morgan fingerprint density at radius 3 is 2.68 bits per heavy atom. The number of anilines is 1. The SMILES string of the molecule is CCOC(=O)[C@@H](CCCCCCCc1ccc2c(n1)NCCCC2)c1cnc(C)nc1. The zero-order chi connectivity index (χ0) is 21.9. The number of hydrogen-bond donors (Lipinski definition) is 1. The normalized spacial score (nSPS) is 14.3. The zero-order valence-electron chi connectivity index (χ0n) is 19.0. The number of rotatable bonds is 11. The average molecular weight is 425 g/mol. The molecule has 31 heavy (non-hydrogen) atoms. The molecule has 0 spiro atoms. The molecule has 0 unspecified atom stereocenters. The number of nitrogens with zero attached hydrogens (tertiary/aromatic N) is 3. The van der Waals surface area contributed by atoms with E-state index < -0.39 is 0 Å². The van der Waals surface area contributed by atoms with Crippen LogP contribution in [0.15, 0.2) is 24.5 Å². The lowest BCUT2D eigenvalue weighted by Gasteiger charge is -2.15. The summed E-state index contributed by atoms with van der Waals surface area (Å²) in [6.07, 6.45) is 14.5. The first-order chi connectivity index (χ1) is 15.2. The van der Waals surface area contributed by atoms with Gasteiger partial charge >= 0.3 is 5.97 Å². The van der Waals surface area contributed by atoms with Crippen molar-refractivity contribution in [2.45, 2.75) is 84.0 Å². The molecule has 6 nitrogen and oxygen atoms in total. The summed E-state index contributed by atoms with van der Waals surface area (Å²) in [5, 5.41) is 3.47. The first-order valence-electron chi connectivity index (χ1n) is 11.8. The van der Waals surface area contributed by atoms with E-state index >= 15 is 0 Å². The minimum atomic E-state index is -0.267. The largest absolute Gasteiger partial charge is 0.466 e. The van der Waals surface area contributed by atoms with Crippen LogP contribution in [-0.2, 0) is 22.4 Å². The first-order valence-corrected chi connectivity index (χ1v) is 11.8. The highest BCUT2D eigenvalue weighted by Gasteiger charge is 2.22. The number of hydrogen-bond acceptors (Lipinski definition) is 6. The fourth-order valence-electron chi connectivity index (χ4n) is 4.10. The minimum Gasteiger partial charge on any atom is -0.466 e. The summed E-state index contributed by atoms with van der Waals surface area (Å²) in [4.78, 5) is 25.7. The molecule has 0 aromatic carbocycles. The Kier molecular flexibility index (Phi) is 9.25. The quantitative estimate of drug-likeness (QED) is 0.397. The topological polar surface area (TPSA) is 77.0 Å². The second-order valence-corrected chi connectivity index (χ2v) is 8.37. The lowest BCUT2D eigenvalue weighted by Crippen LogP contribution is -2.16. The van der Waals surface area contributed by atoms with Gasteiger partial charge in [-0.25, -0.2) is 15.0 Å². The highest BCUT2D eigenvalue weighted by molar-refractivity contribution is 5.77. The van der Waals surface area contributed by atoms with Gasteiger partial charge in [0.05, 0.1) is 12.5 Å². The Hall–Kier alpha value is -2.50. The fraction of sp³-hybridized carbons (Fsp3) is 0.600. The minimum absolute atomic E-state index is 0.169. The van der Waals surface area contributed by atoms with E-state index in [-0.39, 0.29) is 11.9 Å². The van der Waals surface area contributed by atoms with Crippen LogP contribution < -0.4 is 5.32 Å². The number of fused-ring (bicyclic) bond motifs is 1. The Morgan fingerprint density at radius 1 is 1.10 bits per heavy atom. The maximum Gasteiger partial charge on any atom is 0.313 e. The molecule has 3 heterocycles. The van der Waals surface area contributed by atoms with Crippen LogP contribution >= 0.6 is 0 Å². The van der Waals surface area contributed by atoms with Crippen molar-refractivity contribution >= 4 is 11.8 Å². The highest BCUT2D eigenvalue weighted by atomic mass is 16.5. The molecule has 6 heteroatoms. The van der Waals surface area contributed by atoms with Crippen molar-refractivity contribution in [3.63, 3.8) is 0 Å². The van der Waals surface area contributed by atoms with Crippen LogP contribution in [0.5, 0.6) is 0 Å². The summed E-state index contributed by atoms with van der Waals surface area (Å²) in [6.45, 7) is 5.12. The van der Waals surface area contributed by atoms with E-state index in [2.05, 4.69) is 27.4 Å². The van der Waals surface area contributed by atoms with Gasteiger partial charge < -0.3 is 10.1 Å². The summed E-state index contributed by atoms with van der Waals surface area (Å²) in [5.41, 5.74) is 3.40. The van der Waals surface area contributed by atoms with Crippen molar-refractivity contribution in [3.8, 4) is 0 Å². The molecule has 0 aliphatic carbocycles. The van der Waals surface area contributed by atoms with Gasteiger partial charge in [-0.1, -0.05) is 31.7 Å². The Labute approximate surface area is 186 Å². The summed E-state index contributed by atoms with van der Waals surface area (Å²) >= 11 is 0. The van der Waals surface area contributed by atoms with Crippen LogP contribution in [0, 0.1) is 6.92 Å². The predicted octanol–water partition coefficient (Wildman–Crippen LogP) is 5.16. The molecule has 0 bridgehead atoms. The van der Waals surface area contributed by atoms with Gasteiger partial charge in [-0.15, -0.1) is 0 Å². The van der Waals surface area contributed by atoms with Gasteiger partial charge in [0.1, 0.15) is 11.6 Å². The standard InChI is InChI=1S/C25H36N4O2/c1-3-31-25(30)23(21-17-27-19(2)28-18-21)13-8-6-4-5-7-12-22-15-14-20-11-9-10-16-26-24(20)29-22/h14-15,17-18,23H,3-13,16H2,1-2H3,(H,26,29)/t23-/m0/s1. The second-order valence-electron chi connectivity index (χ2n) is 8.37. The Morgan fingerprint density at radius 2 is 1.87 bits per heavy atom. The number of ether oxygens (including phenoxy) is 1. The third kappa shape index (κ3) is 7.30. The molecule has 0 radical (unpaired) electrons. The number of pyridine rings is 1. The van der Waals surface area contributed by atoms with Crippen molar-refractivity contribution in [1.82, 2.24) is 15.0 Å². The number of esters is 1. The van der Waals surface area contributed by atoms with Gasteiger partial charge in [-0.3, -0.25) is 4.79 Å². The maximum absolute atomic E-state index is 12.4. The van der Waals surface area contributed by atoms with Gasteiger partial charge in [0.25, 0.3) is 0 Å². The van der Waals surface area contributed by atoms with Crippen molar-refractivity contribution in [2.75, 3.05) is 18.5 Å². The molecular formula is C25H36N4O2. The van der Waals surface area contributed by atoms with Crippen LogP contribution in [0.3, 0.4) is 0 Å². The fourth-order valence-corrected chi connectivity index (χ4v) is 4.10. The lowest BCUT2D eigenvalue weighted by molar-refractivity contribution is -0.145. The van der Waals surface area contributed by atoms with Gasteiger partial charge in [-0.2, -0.15) is 0 Å². The van der Waals surface area contributed by atoms with E-state index in [1.54, 1.807) is 12.4 Å². The van der Waals surface area contributed by atoms with E-state index in [1.165, 1.54) is 36.9 Å². The van der Waals surface area contributed by atoms with Crippen LogP contribution in [0.1, 0.15) is 86.9 Å². The summed E-state index contributed by atoms with van der Waals surface area (Å²) < 4.78 is 5.27. The molecule has 1 aliphatic heterocycles. The summed E-state index contributed by atoms with van der Waals surface area (Å²) in [5.74, 6) is 1.38. The molecular weight excluding hydrogens is 388 g/mol. The zero-order valence-corrected chi connectivity index (χ0v) is 19.0. The van der Waals surface area contributed by atoms with Crippen molar-refractivity contribution in [3.05, 3.63) is 47.2 Å². The second kappa shape index (κ2) is 12.4. The molecule has 1 N–H and O–H groups in total. The van der Waals surface area contributed by atoms with E-state index in [0.29, 0.717) is 12.4 Å². The lowest BCUT2D eigenvalue weighted by atomic mass is 9.95. The molecule has 168 valence electrons. The molecule has 2 aromatic rings. The smallest absolute Gasteiger partial charge is 0.313 e. The third-order valence-electron chi connectivity index (χ3n) is 5.90. The number of unbranched alkanes of at least 4 members (excludes halogenated alkanes) is 4. The van der Waals surface area contributed by atoms with Gasteiger partial charge in [-0.05, 0) is 64.0 Å². The molecule has 0 saturated heterocycles. The number of aromatic nitrogens is 3. The van der Waals surface area contributed by atoms with Crippen LogP contribution in [0.2, 0.25) is 0 Å². The van der Waals surface area contributed by atoms with E-state index in [1.807, 2.05) is 13.8 Å². The Balaban J connectivity index is 1.38.